The molecule has 6 nitrogen and oxygen atoms in total. The number of nitrogens with one attached hydrogen (secondary N) is 1. The summed E-state index contributed by atoms with van der Waals surface area (Å²) in [5.74, 6) is 0.527. The molecule has 0 spiro atoms. The summed E-state index contributed by atoms with van der Waals surface area (Å²) in [6.07, 6.45) is 7.44. The monoisotopic (exact) mass is 326 g/mol. The Labute approximate surface area is 138 Å². The number of hydrogen-bond acceptors (Lipinski definition) is 4. The van der Waals surface area contributed by atoms with Crippen molar-refractivity contribution < 1.29 is 19.4 Å². The molecule has 0 aromatic carbocycles. The maximum absolute atomic E-state index is 12.5. The molecule has 1 saturated carbocycles. The van der Waals surface area contributed by atoms with Crippen LogP contribution < -0.4 is 5.32 Å². The molecule has 0 aromatic rings. The van der Waals surface area contributed by atoms with Crippen molar-refractivity contribution in [2.24, 2.45) is 11.8 Å². The van der Waals surface area contributed by atoms with Crippen molar-refractivity contribution in [2.75, 3.05) is 33.4 Å². The molecule has 1 aliphatic heterocycles. The first kappa shape index (κ1) is 18.2. The average Bonchev–Trinajstić information content (AvgIpc) is 2.56. The largest absolute Gasteiger partial charge is 0.396 e. The molecule has 6 heteroatoms. The van der Waals surface area contributed by atoms with Gasteiger partial charge in [-0.05, 0) is 25.2 Å². The lowest BCUT2D eigenvalue weighted by Crippen LogP contribution is -2.55. The van der Waals surface area contributed by atoms with Crippen molar-refractivity contribution in [3.8, 4) is 0 Å². The van der Waals surface area contributed by atoms with Crippen molar-refractivity contribution in [3.05, 3.63) is 0 Å². The molecule has 0 aromatic heterocycles. The second-order valence-electron chi connectivity index (χ2n) is 6.89. The summed E-state index contributed by atoms with van der Waals surface area (Å²) in [6, 6.07) is -0.188. The lowest BCUT2D eigenvalue weighted by atomic mass is 9.86. The Kier molecular flexibility index (Phi) is 7.30. The number of nitrogens with zero attached hydrogens (tertiary/aromatic N) is 1. The summed E-state index contributed by atoms with van der Waals surface area (Å²) in [5.41, 5.74) is 0. The topological polar surface area (TPSA) is 78.9 Å². The van der Waals surface area contributed by atoms with E-state index in [1.807, 2.05) is 4.90 Å². The van der Waals surface area contributed by atoms with Gasteiger partial charge in [-0.15, -0.1) is 0 Å². The Morgan fingerprint density at radius 3 is 2.61 bits per heavy atom. The minimum absolute atomic E-state index is 0.00463. The third-order valence-electron chi connectivity index (χ3n) is 5.15. The van der Waals surface area contributed by atoms with Crippen LogP contribution in [0.5, 0.6) is 0 Å². The van der Waals surface area contributed by atoms with E-state index >= 15 is 0 Å². The van der Waals surface area contributed by atoms with Gasteiger partial charge < -0.3 is 20.1 Å². The number of likely N-dealkylation sites (tertiary alicyclic amines) is 1. The minimum Gasteiger partial charge on any atom is -0.396 e. The van der Waals surface area contributed by atoms with Crippen molar-refractivity contribution in [3.63, 3.8) is 0 Å². The summed E-state index contributed by atoms with van der Waals surface area (Å²) in [7, 11) is 1.48. The summed E-state index contributed by atoms with van der Waals surface area (Å²) < 4.78 is 4.83. The van der Waals surface area contributed by atoms with E-state index in [1.54, 1.807) is 0 Å². The van der Waals surface area contributed by atoms with Crippen LogP contribution in [0.2, 0.25) is 0 Å². The molecule has 1 heterocycles. The molecule has 1 saturated heterocycles. The van der Waals surface area contributed by atoms with E-state index in [-0.39, 0.29) is 37.0 Å². The van der Waals surface area contributed by atoms with Gasteiger partial charge in [-0.2, -0.15) is 0 Å². The summed E-state index contributed by atoms with van der Waals surface area (Å²) in [5, 5.41) is 12.4. The highest BCUT2D eigenvalue weighted by Gasteiger charge is 2.32. The minimum atomic E-state index is -0.197. The van der Waals surface area contributed by atoms with E-state index in [2.05, 4.69) is 5.32 Å². The van der Waals surface area contributed by atoms with Gasteiger partial charge in [-0.25, -0.2) is 0 Å². The highest BCUT2D eigenvalue weighted by molar-refractivity contribution is 5.78. The zero-order valence-electron chi connectivity index (χ0n) is 14.1. The van der Waals surface area contributed by atoms with Crippen LogP contribution in [0.3, 0.4) is 0 Å². The number of aliphatic hydroxyl groups excluding tert-OH is 1. The van der Waals surface area contributed by atoms with E-state index < -0.39 is 0 Å². The number of hydrogen-bond donors (Lipinski definition) is 2. The SMILES string of the molecule is COCC(=O)N[C@@H]1CN(C(=O)CC2CCCCC2)CC[C@@H]1CO. The maximum atomic E-state index is 12.5. The Bertz CT molecular complexity index is 396. The van der Waals surface area contributed by atoms with Gasteiger partial charge in [0.2, 0.25) is 11.8 Å². The van der Waals surface area contributed by atoms with Crippen LogP contribution in [-0.4, -0.2) is 61.3 Å². The summed E-state index contributed by atoms with van der Waals surface area (Å²) in [4.78, 5) is 26.1. The number of rotatable bonds is 6. The van der Waals surface area contributed by atoms with Gasteiger partial charge in [0.25, 0.3) is 0 Å². The molecule has 0 unspecified atom stereocenters. The smallest absolute Gasteiger partial charge is 0.246 e. The van der Waals surface area contributed by atoms with Gasteiger partial charge >= 0.3 is 0 Å². The molecule has 0 bridgehead atoms. The maximum Gasteiger partial charge on any atom is 0.246 e. The molecule has 2 aliphatic rings. The molecule has 2 rings (SSSR count). The first-order chi connectivity index (χ1) is 11.1. The predicted molar refractivity (Wildman–Crippen MR) is 86.8 cm³/mol. The fourth-order valence-electron chi connectivity index (χ4n) is 3.76. The van der Waals surface area contributed by atoms with Crippen molar-refractivity contribution in [1.29, 1.82) is 0 Å². The number of aliphatic hydroxyl groups is 1. The van der Waals surface area contributed by atoms with E-state index in [9.17, 15) is 14.7 Å². The van der Waals surface area contributed by atoms with Crippen LogP contribution in [0.25, 0.3) is 0 Å². The molecule has 132 valence electrons. The Balaban J connectivity index is 1.87. The molecular formula is C17H30N2O4. The molecule has 2 amide bonds. The lowest BCUT2D eigenvalue weighted by molar-refractivity contribution is -0.136. The van der Waals surface area contributed by atoms with Crippen molar-refractivity contribution in [2.45, 2.75) is 51.0 Å². The zero-order valence-corrected chi connectivity index (χ0v) is 14.1. The lowest BCUT2D eigenvalue weighted by Gasteiger charge is -2.39. The fraction of sp³-hybridized carbons (Fsp3) is 0.882. The normalized spacial score (nSPS) is 26.1. The number of carbonyl (C=O) groups excluding carboxylic acids is 2. The van der Waals surface area contributed by atoms with Gasteiger partial charge in [0.15, 0.2) is 0 Å². The highest BCUT2D eigenvalue weighted by atomic mass is 16.5. The third-order valence-corrected chi connectivity index (χ3v) is 5.15. The van der Waals surface area contributed by atoms with E-state index in [4.69, 9.17) is 4.74 Å². The van der Waals surface area contributed by atoms with Crippen molar-refractivity contribution in [1.82, 2.24) is 10.2 Å². The molecular weight excluding hydrogens is 296 g/mol. The Hall–Kier alpha value is -1.14. The van der Waals surface area contributed by atoms with E-state index in [1.165, 1.54) is 26.4 Å². The van der Waals surface area contributed by atoms with Crippen LogP contribution in [0, 0.1) is 11.8 Å². The van der Waals surface area contributed by atoms with E-state index in [0.717, 1.165) is 19.3 Å². The highest BCUT2D eigenvalue weighted by Crippen LogP contribution is 2.28. The van der Waals surface area contributed by atoms with Gasteiger partial charge in [-0.3, -0.25) is 9.59 Å². The standard InChI is InChI=1S/C17H30N2O4/c1-23-12-16(21)18-15-10-19(8-7-14(15)11-20)17(22)9-13-5-3-2-4-6-13/h13-15,20H,2-12H2,1H3,(H,18,21)/t14-,15-/m1/s1. The Morgan fingerprint density at radius 1 is 1.22 bits per heavy atom. The van der Waals surface area contributed by atoms with Crippen LogP contribution >= 0.6 is 0 Å². The molecule has 2 N–H and O–H groups in total. The van der Waals surface area contributed by atoms with Gasteiger partial charge in [0.05, 0.1) is 6.04 Å². The van der Waals surface area contributed by atoms with Crippen LogP contribution in [-0.2, 0) is 14.3 Å². The molecule has 2 fully saturated rings. The number of amides is 2. The zero-order chi connectivity index (χ0) is 16.7. The Morgan fingerprint density at radius 2 is 1.96 bits per heavy atom. The molecule has 1 aliphatic carbocycles. The molecule has 0 radical (unpaired) electrons. The van der Waals surface area contributed by atoms with Gasteiger partial charge in [0.1, 0.15) is 6.61 Å². The molecule has 2 atom stereocenters. The van der Waals surface area contributed by atoms with Crippen LogP contribution in [0.1, 0.15) is 44.9 Å². The number of carbonyl (C=O) groups is 2. The van der Waals surface area contributed by atoms with Gasteiger partial charge in [-0.1, -0.05) is 19.3 Å². The second-order valence-corrected chi connectivity index (χ2v) is 6.89. The number of ether oxygens (including phenoxy) is 1. The first-order valence-corrected chi connectivity index (χ1v) is 8.81. The number of piperidine rings is 1. The quantitative estimate of drug-likeness (QED) is 0.761. The van der Waals surface area contributed by atoms with Crippen LogP contribution in [0.15, 0.2) is 0 Å². The fourth-order valence-corrected chi connectivity index (χ4v) is 3.76. The van der Waals surface area contributed by atoms with Crippen LogP contribution in [0.4, 0.5) is 0 Å². The van der Waals surface area contributed by atoms with Crippen molar-refractivity contribution >= 4 is 11.8 Å². The number of methoxy groups -OCH3 is 1. The summed E-state index contributed by atoms with van der Waals surface area (Å²) in [6.45, 7) is 1.20. The third kappa shape index (κ3) is 5.46. The van der Waals surface area contributed by atoms with E-state index in [0.29, 0.717) is 25.4 Å². The second kappa shape index (κ2) is 9.23. The first-order valence-electron chi connectivity index (χ1n) is 8.81. The summed E-state index contributed by atoms with van der Waals surface area (Å²) >= 11 is 0. The average molecular weight is 326 g/mol. The molecule has 23 heavy (non-hydrogen) atoms. The predicted octanol–water partition coefficient (Wildman–Crippen LogP) is 0.929. The van der Waals surface area contributed by atoms with Gasteiger partial charge in [0, 0.05) is 39.1 Å².